The van der Waals surface area contributed by atoms with Crippen LogP contribution in [0.5, 0.6) is 0 Å². The van der Waals surface area contributed by atoms with Gasteiger partial charge in [-0.15, -0.1) is 6.58 Å². The van der Waals surface area contributed by atoms with Crippen LogP contribution in [0, 0.1) is 0 Å². The molecule has 5 heavy (non-hydrogen) atoms. The normalized spacial score (nSPS) is 5.00. The van der Waals surface area contributed by atoms with Crippen molar-refractivity contribution in [1.29, 1.82) is 0 Å². The molecule has 0 saturated heterocycles. The second kappa shape index (κ2) is 8.84. The summed E-state index contributed by atoms with van der Waals surface area (Å²) in [5.41, 5.74) is 0. The molecule has 2 heteroatoms. The first kappa shape index (κ1) is 9.26. The molecule has 1 nitrogen and oxygen atoms in total. The Morgan fingerprint density at radius 3 is 2.00 bits per heavy atom. The Hall–Kier alpha value is 0.804. The van der Waals surface area contributed by atoms with E-state index in [0.29, 0.717) is 0 Å². The molecule has 1 radical (unpaired) electrons. The van der Waals surface area contributed by atoms with E-state index in [1.54, 1.807) is 0 Å². The average molecular weight is 147 g/mol. The van der Waals surface area contributed by atoms with Crippen LogP contribution in [0.25, 0.3) is 0 Å². The zero-order valence-corrected chi connectivity index (χ0v) is 5.85. The van der Waals surface area contributed by atoms with Crippen molar-refractivity contribution in [2.45, 2.75) is 0 Å². The first-order valence-electron chi connectivity index (χ1n) is 1.13. The smallest absolute Gasteiger partial charge is 0.0609 e. The Balaban J connectivity index is 0. The van der Waals surface area contributed by atoms with Gasteiger partial charge in [-0.3, -0.25) is 0 Å². The molecule has 0 rings (SSSR count). The summed E-state index contributed by atoms with van der Waals surface area (Å²) in [4.78, 5) is 0. The molecule has 0 aliphatic carbocycles. The average Bonchev–Trinajstić information content (AvgIpc) is 1.37. The molecule has 0 aliphatic heterocycles. The van der Waals surface area contributed by atoms with Crippen molar-refractivity contribution in [3.8, 4) is 0 Å². The molecule has 1 N–H and O–H groups in total. The van der Waals surface area contributed by atoms with Crippen molar-refractivity contribution in [3.63, 3.8) is 0 Å². The van der Waals surface area contributed by atoms with Crippen molar-refractivity contribution in [2.24, 2.45) is 0 Å². The van der Waals surface area contributed by atoms with Crippen LogP contribution in [0.2, 0.25) is 0 Å². The predicted octanol–water partition coefficient (Wildman–Crippen LogP) is 0.162. The van der Waals surface area contributed by atoms with Gasteiger partial charge >= 0.3 is 0 Å². The van der Waals surface area contributed by atoms with E-state index in [9.17, 15) is 0 Å². The fourth-order valence-electron chi connectivity index (χ4n) is 0. The molecule has 0 aliphatic rings. The monoisotopic (exact) mass is 147 g/mol. The van der Waals surface area contributed by atoms with Crippen molar-refractivity contribution < 1.29 is 37.8 Å². The van der Waals surface area contributed by atoms with E-state index in [-0.39, 0.29) is 39.3 Å². The van der Waals surface area contributed by atoms with E-state index >= 15 is 0 Å². The number of aliphatic hydroxyl groups is 1. The van der Waals surface area contributed by atoms with Crippen molar-refractivity contribution in [3.05, 3.63) is 12.7 Å². The second-order valence-electron chi connectivity index (χ2n) is 0.471. The first-order chi connectivity index (χ1) is 1.91. The van der Waals surface area contributed by atoms with Gasteiger partial charge in [0.25, 0.3) is 0 Å². The van der Waals surface area contributed by atoms with E-state index in [4.69, 9.17) is 5.11 Å². The van der Waals surface area contributed by atoms with Gasteiger partial charge in [0.2, 0.25) is 0 Å². The van der Waals surface area contributed by atoms with Crippen LogP contribution in [0.15, 0.2) is 12.7 Å². The number of rotatable bonds is 1. The molecule has 0 atom stereocenters. The fraction of sp³-hybridized carbons (Fsp3) is 0.333. The van der Waals surface area contributed by atoms with E-state index in [2.05, 4.69) is 6.58 Å². The van der Waals surface area contributed by atoms with Crippen molar-refractivity contribution >= 4 is 0 Å². The maximum absolute atomic E-state index is 7.76. The van der Waals surface area contributed by atoms with Crippen LogP contribution < -0.4 is 0 Å². The number of aliphatic hydroxyl groups excluding tert-OH is 1. The van der Waals surface area contributed by atoms with Crippen LogP contribution in [0.3, 0.4) is 0 Å². The molecule has 0 spiro atoms. The van der Waals surface area contributed by atoms with Crippen LogP contribution in [0.4, 0.5) is 0 Å². The molecule has 0 fully saturated rings. The molecule has 0 saturated carbocycles. The maximum atomic E-state index is 7.76. The Morgan fingerprint density at radius 2 is 2.00 bits per heavy atom. The van der Waals surface area contributed by atoms with E-state index in [0.717, 1.165) is 0 Å². The Labute approximate surface area is 57.0 Å². The Morgan fingerprint density at radius 1 is 1.80 bits per heavy atom. The van der Waals surface area contributed by atoms with Crippen LogP contribution >= 0.6 is 0 Å². The SMILES string of the molecule is C=CCO.[Y]. The molecule has 0 unspecified atom stereocenters. The molecule has 0 heterocycles. The summed E-state index contributed by atoms with van der Waals surface area (Å²) in [6, 6.07) is 0. The molecule has 0 bridgehead atoms. The molecule has 0 aromatic rings. The van der Waals surface area contributed by atoms with Crippen molar-refractivity contribution in [2.75, 3.05) is 6.61 Å². The van der Waals surface area contributed by atoms with Gasteiger partial charge < -0.3 is 5.11 Å². The summed E-state index contributed by atoms with van der Waals surface area (Å²) in [5.74, 6) is 0. The van der Waals surface area contributed by atoms with E-state index in [1.807, 2.05) is 0 Å². The quantitative estimate of drug-likeness (QED) is 0.524. The van der Waals surface area contributed by atoms with E-state index < -0.39 is 0 Å². The standard InChI is InChI=1S/C3H6O.Y/c1-2-3-4;/h2,4H,1,3H2;. The molecular formula is C3H6OY. The van der Waals surface area contributed by atoms with Gasteiger partial charge in [0.05, 0.1) is 6.61 Å². The zero-order chi connectivity index (χ0) is 3.41. The maximum Gasteiger partial charge on any atom is 0.0609 e. The number of hydrogen-bond donors (Lipinski definition) is 1. The van der Waals surface area contributed by atoms with Gasteiger partial charge in [0.1, 0.15) is 0 Å². The summed E-state index contributed by atoms with van der Waals surface area (Å²) < 4.78 is 0. The van der Waals surface area contributed by atoms with Gasteiger partial charge in [0.15, 0.2) is 0 Å². The predicted molar refractivity (Wildman–Crippen MR) is 17.3 cm³/mol. The second-order valence-corrected chi connectivity index (χ2v) is 0.471. The Kier molecular flexibility index (Phi) is 16.4. The van der Waals surface area contributed by atoms with Gasteiger partial charge in [-0.05, 0) is 0 Å². The van der Waals surface area contributed by atoms with Crippen LogP contribution in [-0.2, 0) is 32.7 Å². The topological polar surface area (TPSA) is 20.2 Å². The number of hydrogen-bond acceptors (Lipinski definition) is 1. The third-order valence-corrected chi connectivity index (χ3v) is 0.129. The minimum atomic E-state index is 0. The van der Waals surface area contributed by atoms with Crippen LogP contribution in [0.1, 0.15) is 0 Å². The molecule has 27 valence electrons. The molecule has 0 aromatic carbocycles. The van der Waals surface area contributed by atoms with Gasteiger partial charge in [-0.2, -0.15) is 0 Å². The minimum Gasteiger partial charge on any atom is -0.392 e. The zero-order valence-electron chi connectivity index (χ0n) is 3.02. The third-order valence-electron chi connectivity index (χ3n) is 0.129. The molecule has 0 aromatic heterocycles. The molecular weight excluding hydrogens is 141 g/mol. The van der Waals surface area contributed by atoms with Gasteiger partial charge in [-0.1, -0.05) is 6.08 Å². The van der Waals surface area contributed by atoms with Crippen molar-refractivity contribution in [1.82, 2.24) is 0 Å². The van der Waals surface area contributed by atoms with Gasteiger partial charge in [0, 0.05) is 32.7 Å². The van der Waals surface area contributed by atoms with Crippen LogP contribution in [-0.4, -0.2) is 11.7 Å². The largest absolute Gasteiger partial charge is 0.392 e. The minimum absolute atomic E-state index is 0. The summed E-state index contributed by atoms with van der Waals surface area (Å²) >= 11 is 0. The van der Waals surface area contributed by atoms with E-state index in [1.165, 1.54) is 6.08 Å². The summed E-state index contributed by atoms with van der Waals surface area (Å²) in [6.07, 6.45) is 1.43. The fourth-order valence-corrected chi connectivity index (χ4v) is 0. The first-order valence-corrected chi connectivity index (χ1v) is 1.13. The molecule has 0 amide bonds. The summed E-state index contributed by atoms with van der Waals surface area (Å²) in [6.45, 7) is 3.31. The van der Waals surface area contributed by atoms with Gasteiger partial charge in [-0.25, -0.2) is 0 Å². The summed E-state index contributed by atoms with van der Waals surface area (Å²) in [7, 11) is 0. The Bertz CT molecular complexity index is 20.9. The third kappa shape index (κ3) is 11.6. The summed E-state index contributed by atoms with van der Waals surface area (Å²) in [5, 5.41) is 7.76.